The molecule has 42 heavy (non-hydrogen) atoms. The topological polar surface area (TPSA) is 103 Å². The summed E-state index contributed by atoms with van der Waals surface area (Å²) in [5.74, 6) is 1.19. The molecule has 4 amide bonds. The first-order valence-electron chi connectivity index (χ1n) is 15.4. The van der Waals surface area contributed by atoms with Crippen LogP contribution in [0.3, 0.4) is 0 Å². The summed E-state index contributed by atoms with van der Waals surface area (Å²) >= 11 is 0. The van der Waals surface area contributed by atoms with E-state index in [1.165, 1.54) is 12.8 Å². The van der Waals surface area contributed by atoms with Crippen molar-refractivity contribution in [2.24, 2.45) is 11.3 Å². The highest BCUT2D eigenvalue weighted by Gasteiger charge is 2.38. The normalized spacial score (nSPS) is 20.9. The minimum atomic E-state index is -0.486. The van der Waals surface area contributed by atoms with E-state index in [0.29, 0.717) is 36.5 Å². The molecule has 0 aromatic heterocycles. The number of rotatable bonds is 8. The highest BCUT2D eigenvalue weighted by molar-refractivity contribution is 5.99. The smallest absolute Gasteiger partial charge is 0.323 e. The van der Waals surface area contributed by atoms with Gasteiger partial charge in [0.05, 0.1) is 6.10 Å². The van der Waals surface area contributed by atoms with E-state index < -0.39 is 5.41 Å². The summed E-state index contributed by atoms with van der Waals surface area (Å²) < 4.78 is 5.99. The molecule has 9 heteroatoms. The van der Waals surface area contributed by atoms with Gasteiger partial charge in [-0.1, -0.05) is 20.8 Å². The maximum atomic E-state index is 13.0. The lowest BCUT2D eigenvalue weighted by Gasteiger charge is -2.30. The fourth-order valence-corrected chi connectivity index (χ4v) is 6.17. The van der Waals surface area contributed by atoms with Gasteiger partial charge in [0.2, 0.25) is 11.8 Å². The zero-order valence-corrected chi connectivity index (χ0v) is 25.2. The first-order chi connectivity index (χ1) is 20.2. The zero-order valence-electron chi connectivity index (χ0n) is 25.2. The molecule has 226 valence electrons. The van der Waals surface area contributed by atoms with Crippen LogP contribution in [0.1, 0.15) is 65.7 Å². The Morgan fingerprint density at radius 3 is 2.12 bits per heavy atom. The van der Waals surface area contributed by atoms with Gasteiger partial charge in [0, 0.05) is 48.7 Å². The largest absolute Gasteiger partial charge is 0.490 e. The Labute approximate surface area is 249 Å². The maximum absolute atomic E-state index is 13.0. The predicted molar refractivity (Wildman–Crippen MR) is 166 cm³/mol. The second-order valence-electron chi connectivity index (χ2n) is 12.9. The van der Waals surface area contributed by atoms with E-state index in [9.17, 15) is 14.4 Å². The lowest BCUT2D eigenvalue weighted by atomic mass is 9.94. The Morgan fingerprint density at radius 1 is 0.833 bits per heavy atom. The molecule has 5 rings (SSSR count). The number of nitrogens with one attached hydrogen (secondary N) is 3. The maximum Gasteiger partial charge on any atom is 0.323 e. The fraction of sp³-hybridized carbons (Fsp3) is 0.545. The number of carbonyl (C=O) groups is 3. The molecule has 2 heterocycles. The van der Waals surface area contributed by atoms with Gasteiger partial charge in [-0.25, -0.2) is 4.79 Å². The van der Waals surface area contributed by atoms with Crippen LogP contribution in [0.2, 0.25) is 0 Å². The van der Waals surface area contributed by atoms with Crippen molar-refractivity contribution < 1.29 is 19.1 Å². The third-order valence-electron chi connectivity index (χ3n) is 8.52. The summed E-state index contributed by atoms with van der Waals surface area (Å²) in [7, 11) is 0. The molecule has 1 aliphatic carbocycles. The molecule has 2 aliphatic heterocycles. The van der Waals surface area contributed by atoms with Gasteiger partial charge < -0.3 is 30.5 Å². The van der Waals surface area contributed by atoms with E-state index in [-0.39, 0.29) is 23.9 Å². The molecular weight excluding hydrogens is 530 g/mol. The molecule has 2 unspecified atom stereocenters. The second-order valence-corrected chi connectivity index (χ2v) is 12.9. The van der Waals surface area contributed by atoms with Crippen molar-refractivity contribution in [1.29, 1.82) is 0 Å². The van der Waals surface area contributed by atoms with Crippen molar-refractivity contribution in [2.75, 3.05) is 41.7 Å². The highest BCUT2D eigenvalue weighted by Crippen LogP contribution is 2.28. The van der Waals surface area contributed by atoms with Gasteiger partial charge in [0.25, 0.3) is 0 Å². The van der Waals surface area contributed by atoms with E-state index in [2.05, 4.69) is 20.9 Å². The molecule has 2 aromatic carbocycles. The predicted octanol–water partition coefficient (Wildman–Crippen LogP) is 5.63. The number of anilines is 3. The minimum Gasteiger partial charge on any atom is -0.490 e. The van der Waals surface area contributed by atoms with Crippen LogP contribution in [0.25, 0.3) is 0 Å². The Morgan fingerprint density at radius 2 is 1.48 bits per heavy atom. The number of hydrogen-bond acceptors (Lipinski definition) is 5. The third-order valence-corrected chi connectivity index (χ3v) is 8.52. The fourth-order valence-electron chi connectivity index (χ4n) is 6.17. The van der Waals surface area contributed by atoms with Crippen LogP contribution in [0.5, 0.6) is 5.75 Å². The van der Waals surface area contributed by atoms with Crippen LogP contribution < -0.4 is 25.6 Å². The summed E-state index contributed by atoms with van der Waals surface area (Å²) in [6.45, 7) is 8.73. The summed E-state index contributed by atoms with van der Waals surface area (Å²) in [4.78, 5) is 42.3. The first kappa shape index (κ1) is 29.7. The van der Waals surface area contributed by atoms with E-state index in [1.807, 2.05) is 69.3 Å². The molecule has 0 spiro atoms. The molecule has 2 saturated heterocycles. The number of ether oxygens (including phenoxy) is 1. The van der Waals surface area contributed by atoms with Crippen LogP contribution in [-0.4, -0.2) is 61.1 Å². The molecular formula is C33H45N5O4. The number of likely N-dealkylation sites (tertiary alicyclic amines) is 1. The summed E-state index contributed by atoms with van der Waals surface area (Å²) in [5, 5.41) is 8.89. The van der Waals surface area contributed by atoms with Crippen LogP contribution in [0.4, 0.5) is 21.9 Å². The van der Waals surface area contributed by atoms with Gasteiger partial charge in [0.1, 0.15) is 11.8 Å². The van der Waals surface area contributed by atoms with Gasteiger partial charge in [-0.3, -0.25) is 9.59 Å². The number of amides is 4. The Balaban J connectivity index is 1.05. The van der Waals surface area contributed by atoms with E-state index in [4.69, 9.17) is 4.74 Å². The molecule has 3 fully saturated rings. The number of nitrogens with zero attached hydrogens (tertiary/aromatic N) is 2. The van der Waals surface area contributed by atoms with Gasteiger partial charge in [-0.2, -0.15) is 0 Å². The van der Waals surface area contributed by atoms with Gasteiger partial charge >= 0.3 is 6.03 Å². The Bertz CT molecular complexity index is 1230. The average Bonchev–Trinajstić information content (AvgIpc) is 3.75. The van der Waals surface area contributed by atoms with Crippen molar-refractivity contribution in [2.45, 2.75) is 77.9 Å². The lowest BCUT2D eigenvalue weighted by Crippen LogP contribution is -2.50. The monoisotopic (exact) mass is 575 g/mol. The third kappa shape index (κ3) is 7.55. The molecule has 9 nitrogen and oxygen atoms in total. The zero-order chi connectivity index (χ0) is 29.7. The average molecular weight is 576 g/mol. The Kier molecular flexibility index (Phi) is 9.24. The Hall–Kier alpha value is -3.75. The van der Waals surface area contributed by atoms with Gasteiger partial charge in [-0.15, -0.1) is 0 Å². The molecule has 0 bridgehead atoms. The summed E-state index contributed by atoms with van der Waals surface area (Å²) in [6, 6.07) is 14.7. The van der Waals surface area contributed by atoms with Crippen molar-refractivity contribution in [3.8, 4) is 5.75 Å². The van der Waals surface area contributed by atoms with E-state index in [0.717, 1.165) is 56.6 Å². The second kappa shape index (κ2) is 13.0. The number of carbonyl (C=O) groups excluding carboxylic acids is 3. The van der Waals surface area contributed by atoms with Crippen molar-refractivity contribution in [3.05, 3.63) is 48.5 Å². The van der Waals surface area contributed by atoms with Gasteiger partial charge in [0.15, 0.2) is 0 Å². The van der Waals surface area contributed by atoms with Crippen LogP contribution >= 0.6 is 0 Å². The summed E-state index contributed by atoms with van der Waals surface area (Å²) in [5.41, 5.74) is 2.02. The molecule has 1 saturated carbocycles. The van der Waals surface area contributed by atoms with Gasteiger partial charge in [-0.05, 0) is 99.4 Å². The van der Waals surface area contributed by atoms with E-state index in [1.54, 1.807) is 4.90 Å². The first-order valence-corrected chi connectivity index (χ1v) is 15.4. The summed E-state index contributed by atoms with van der Waals surface area (Å²) in [6.07, 6.45) is 7.57. The van der Waals surface area contributed by atoms with E-state index >= 15 is 0 Å². The highest BCUT2D eigenvalue weighted by atomic mass is 16.5. The molecule has 2 aromatic rings. The number of urea groups is 1. The van der Waals surface area contributed by atoms with Crippen molar-refractivity contribution in [1.82, 2.24) is 10.2 Å². The van der Waals surface area contributed by atoms with Crippen LogP contribution in [0.15, 0.2) is 48.5 Å². The molecule has 0 radical (unpaired) electrons. The lowest BCUT2D eigenvalue weighted by molar-refractivity contribution is -0.144. The SMILES string of the molecule is CC(C)(C)C(=O)N1CCCC1C(=O)NCC1CCN(c2ccc(NC(=O)Nc3ccc(OC4CCCC4)cc3)cc2)C1. The minimum absolute atomic E-state index is 0.0365. The van der Waals surface area contributed by atoms with Crippen molar-refractivity contribution in [3.63, 3.8) is 0 Å². The molecule has 3 N–H and O–H groups in total. The number of hydrogen-bond donors (Lipinski definition) is 3. The molecule has 2 atom stereocenters. The number of benzene rings is 2. The van der Waals surface area contributed by atoms with Crippen LogP contribution in [-0.2, 0) is 9.59 Å². The standard InChI is InChI=1S/C33H45N5O4/c1-33(2,3)31(40)38-19-6-9-29(38)30(39)34-21-23-18-20-37(22-23)26-14-10-24(11-15-26)35-32(41)36-25-12-16-28(17-13-25)42-27-7-4-5-8-27/h10-17,23,27,29H,4-9,18-22H2,1-3H3,(H,34,39)(H2,35,36,41). The quantitative estimate of drug-likeness (QED) is 0.379. The van der Waals surface area contributed by atoms with Crippen molar-refractivity contribution >= 4 is 34.9 Å². The van der Waals surface area contributed by atoms with Crippen LogP contribution in [0, 0.1) is 11.3 Å². The molecule has 3 aliphatic rings.